The van der Waals surface area contributed by atoms with Gasteiger partial charge in [-0.2, -0.15) is 0 Å². The van der Waals surface area contributed by atoms with Crippen molar-refractivity contribution in [3.05, 3.63) is 23.3 Å². The maximum absolute atomic E-state index is 12.9. The third-order valence-electron chi connectivity index (χ3n) is 4.21. The largest absolute Gasteiger partial charge is 0.508 e. The molecule has 166 valence electrons. The fraction of sp³-hybridized carbons (Fsp3) is 0.591. The van der Waals surface area contributed by atoms with Gasteiger partial charge in [0.05, 0.1) is 5.69 Å². The molecule has 8 heteroatoms. The summed E-state index contributed by atoms with van der Waals surface area (Å²) in [4.78, 5) is 33.1. The molecule has 0 spiro atoms. The van der Waals surface area contributed by atoms with Gasteiger partial charge < -0.3 is 14.6 Å². The number of carbonyl (C=O) groups excluding carboxylic acids is 2. The Bertz CT molecular complexity index is 812. The summed E-state index contributed by atoms with van der Waals surface area (Å²) in [5.74, 6) is 0.311. The molecule has 0 unspecified atom stereocenters. The van der Waals surface area contributed by atoms with E-state index in [1.54, 1.807) is 67.5 Å². The van der Waals surface area contributed by atoms with Crippen molar-refractivity contribution >= 4 is 23.8 Å². The van der Waals surface area contributed by atoms with Crippen molar-refractivity contribution in [1.82, 2.24) is 9.80 Å². The van der Waals surface area contributed by atoms with Crippen LogP contribution >= 0.6 is 0 Å². The summed E-state index contributed by atoms with van der Waals surface area (Å²) in [5, 5.41) is 9.95. The Morgan fingerprint density at radius 1 is 0.900 bits per heavy atom. The summed E-state index contributed by atoms with van der Waals surface area (Å²) in [6.45, 7) is 15.0. The fourth-order valence-electron chi connectivity index (χ4n) is 2.85. The van der Waals surface area contributed by atoms with Gasteiger partial charge in [0.15, 0.2) is 0 Å². The lowest BCUT2D eigenvalue weighted by Crippen LogP contribution is -2.56. The van der Waals surface area contributed by atoms with E-state index in [2.05, 4.69) is 4.99 Å². The molecule has 1 aromatic carbocycles. The van der Waals surface area contributed by atoms with E-state index in [0.717, 1.165) is 0 Å². The van der Waals surface area contributed by atoms with Crippen molar-refractivity contribution in [2.24, 2.45) is 4.99 Å². The van der Waals surface area contributed by atoms with E-state index < -0.39 is 23.4 Å². The number of hydrogen-bond donors (Lipinski definition) is 1. The highest BCUT2D eigenvalue weighted by Gasteiger charge is 2.37. The van der Waals surface area contributed by atoms with Gasteiger partial charge in [0.1, 0.15) is 17.0 Å². The number of rotatable bonds is 1. The Balaban J connectivity index is 2.53. The highest BCUT2D eigenvalue weighted by Crippen LogP contribution is 2.29. The smallest absolute Gasteiger partial charge is 0.417 e. The fourth-order valence-corrected chi connectivity index (χ4v) is 2.85. The zero-order chi connectivity index (χ0) is 22.9. The van der Waals surface area contributed by atoms with E-state index in [1.807, 2.05) is 0 Å². The first-order valence-electron chi connectivity index (χ1n) is 10.1. The van der Waals surface area contributed by atoms with Crippen LogP contribution < -0.4 is 0 Å². The van der Waals surface area contributed by atoms with Gasteiger partial charge in [0, 0.05) is 13.1 Å². The van der Waals surface area contributed by atoms with E-state index in [4.69, 9.17) is 9.47 Å². The average molecular weight is 420 g/mol. The summed E-state index contributed by atoms with van der Waals surface area (Å²) in [7, 11) is 0. The van der Waals surface area contributed by atoms with Gasteiger partial charge in [-0.15, -0.1) is 0 Å². The molecule has 1 aromatic rings. The second kappa shape index (κ2) is 8.53. The van der Waals surface area contributed by atoms with E-state index in [-0.39, 0.29) is 11.7 Å². The lowest BCUT2D eigenvalue weighted by Gasteiger charge is -2.37. The maximum Gasteiger partial charge on any atom is 0.417 e. The van der Waals surface area contributed by atoms with Gasteiger partial charge in [-0.1, -0.05) is 0 Å². The van der Waals surface area contributed by atoms with Crippen molar-refractivity contribution in [1.29, 1.82) is 0 Å². The van der Waals surface area contributed by atoms with Crippen molar-refractivity contribution in [3.8, 4) is 5.75 Å². The summed E-state index contributed by atoms with van der Waals surface area (Å²) in [6, 6.07) is 3.32. The van der Waals surface area contributed by atoms with Crippen LogP contribution in [0.15, 0.2) is 17.1 Å². The number of ether oxygens (including phenoxy) is 2. The molecule has 0 saturated carbocycles. The van der Waals surface area contributed by atoms with Crippen molar-refractivity contribution in [3.63, 3.8) is 0 Å². The number of carbonyl (C=O) groups is 2. The Morgan fingerprint density at radius 3 is 1.80 bits per heavy atom. The van der Waals surface area contributed by atoms with Crippen LogP contribution in [0.3, 0.4) is 0 Å². The molecule has 1 N–H and O–H groups in total. The van der Waals surface area contributed by atoms with Crippen LogP contribution in [0.25, 0.3) is 0 Å². The average Bonchev–Trinajstić information content (AvgIpc) is 2.56. The third kappa shape index (κ3) is 6.11. The molecular weight excluding hydrogens is 386 g/mol. The lowest BCUT2D eigenvalue weighted by atomic mass is 10.1. The Labute approximate surface area is 178 Å². The number of phenolic OH excluding ortho intramolecular Hbond substituents is 1. The second-order valence-corrected chi connectivity index (χ2v) is 9.45. The van der Waals surface area contributed by atoms with Crippen LogP contribution in [-0.4, -0.2) is 57.3 Å². The maximum atomic E-state index is 12.9. The molecule has 8 nitrogen and oxygen atoms in total. The van der Waals surface area contributed by atoms with Crippen molar-refractivity contribution in [2.45, 2.75) is 73.0 Å². The number of hydrogen-bond acceptors (Lipinski definition) is 6. The number of aliphatic imine (C=N–C) groups is 1. The quantitative estimate of drug-likeness (QED) is 0.701. The van der Waals surface area contributed by atoms with Gasteiger partial charge in [-0.25, -0.2) is 24.4 Å². The summed E-state index contributed by atoms with van der Waals surface area (Å²) in [6.07, 6.45) is -0.601. The van der Waals surface area contributed by atoms with Crippen LogP contribution in [0.1, 0.15) is 59.1 Å². The van der Waals surface area contributed by atoms with Crippen LogP contribution in [-0.2, 0) is 9.47 Å². The molecule has 2 amide bonds. The van der Waals surface area contributed by atoms with Crippen LogP contribution in [0, 0.1) is 13.8 Å². The molecule has 1 saturated heterocycles. The zero-order valence-corrected chi connectivity index (χ0v) is 19.2. The second-order valence-electron chi connectivity index (χ2n) is 9.45. The first-order chi connectivity index (χ1) is 13.7. The van der Waals surface area contributed by atoms with E-state index in [9.17, 15) is 14.7 Å². The van der Waals surface area contributed by atoms with E-state index in [0.29, 0.717) is 36.3 Å². The molecule has 1 heterocycles. The SMILES string of the molecule is Cc1cc(N=C2N(C(=O)OC(C)(C)C)CCCN2C(=O)OC(C)(C)C)c(C)cc1O. The van der Waals surface area contributed by atoms with Crippen LogP contribution in [0.4, 0.5) is 15.3 Å². The van der Waals surface area contributed by atoms with Gasteiger partial charge in [0.2, 0.25) is 5.96 Å². The van der Waals surface area contributed by atoms with Crippen LogP contribution in [0.2, 0.25) is 0 Å². The number of guanidine groups is 1. The topological polar surface area (TPSA) is 91.7 Å². The summed E-state index contributed by atoms with van der Waals surface area (Å²) in [5.41, 5.74) is 0.514. The molecule has 30 heavy (non-hydrogen) atoms. The monoisotopic (exact) mass is 419 g/mol. The number of amides is 2. The molecule has 0 aliphatic carbocycles. The first kappa shape index (κ1) is 23.5. The zero-order valence-electron chi connectivity index (χ0n) is 19.2. The summed E-state index contributed by atoms with van der Waals surface area (Å²) < 4.78 is 11.1. The molecule has 2 rings (SSSR count). The predicted octanol–water partition coefficient (Wildman–Crippen LogP) is 4.87. The predicted molar refractivity (Wildman–Crippen MR) is 115 cm³/mol. The number of nitrogens with zero attached hydrogens (tertiary/aromatic N) is 3. The van der Waals surface area contributed by atoms with Gasteiger partial charge in [0.25, 0.3) is 0 Å². The van der Waals surface area contributed by atoms with Gasteiger partial charge in [-0.05, 0) is 85.1 Å². The Hall–Kier alpha value is -2.77. The van der Waals surface area contributed by atoms with Gasteiger partial charge in [-0.3, -0.25) is 0 Å². The van der Waals surface area contributed by atoms with E-state index in [1.165, 1.54) is 9.80 Å². The Morgan fingerprint density at radius 2 is 1.37 bits per heavy atom. The third-order valence-corrected chi connectivity index (χ3v) is 4.21. The Kier molecular flexibility index (Phi) is 6.69. The van der Waals surface area contributed by atoms with E-state index >= 15 is 0 Å². The number of phenols is 1. The molecule has 1 fully saturated rings. The number of aromatic hydroxyl groups is 1. The minimum atomic E-state index is -0.693. The molecule has 0 aromatic heterocycles. The molecule has 0 bridgehead atoms. The molecule has 1 aliphatic heterocycles. The molecular formula is C22H33N3O5. The highest BCUT2D eigenvalue weighted by molar-refractivity contribution is 6.03. The lowest BCUT2D eigenvalue weighted by molar-refractivity contribution is 0.0225. The minimum absolute atomic E-state index is 0.151. The van der Waals surface area contributed by atoms with Crippen molar-refractivity contribution in [2.75, 3.05) is 13.1 Å². The standard InChI is InChI=1S/C22H33N3O5/c1-14-13-17(26)15(2)12-16(14)23-18-24(19(27)29-21(3,4)5)10-9-11-25(18)20(28)30-22(6,7)8/h12-13,26H,9-11H2,1-8H3. The molecule has 0 radical (unpaired) electrons. The molecule has 0 atom stereocenters. The number of benzene rings is 1. The number of aryl methyl sites for hydroxylation is 2. The molecule has 1 aliphatic rings. The van der Waals surface area contributed by atoms with Gasteiger partial charge >= 0.3 is 12.2 Å². The minimum Gasteiger partial charge on any atom is -0.508 e. The normalized spacial score (nSPS) is 15.1. The highest BCUT2D eigenvalue weighted by atomic mass is 16.6. The van der Waals surface area contributed by atoms with Crippen LogP contribution in [0.5, 0.6) is 5.75 Å². The van der Waals surface area contributed by atoms with Crippen molar-refractivity contribution < 1.29 is 24.2 Å². The first-order valence-corrected chi connectivity index (χ1v) is 10.1. The summed E-state index contributed by atoms with van der Waals surface area (Å²) >= 11 is 0.